The predicted molar refractivity (Wildman–Crippen MR) is 277 cm³/mol. The fourth-order valence-electron chi connectivity index (χ4n) is 12.8. The van der Waals surface area contributed by atoms with Crippen LogP contribution in [0.25, 0.3) is 0 Å². The molecule has 8 bridgehead atoms. The molecule has 10 rings (SSSR count). The molecule has 0 spiro atoms. The number of hydrogen-bond donors (Lipinski definition) is 3. The number of rotatable bonds is 6. The Morgan fingerprint density at radius 3 is 2.28 bits per heavy atom. The van der Waals surface area contributed by atoms with Crippen LogP contribution in [0.5, 0.6) is 0 Å². The fraction of sp³-hybridized carbons (Fsp3) is 0.702. The molecule has 4 fully saturated rings. The summed E-state index contributed by atoms with van der Waals surface area (Å²) in [5.74, 6) is -9.08. The molecule has 3 N–H and O–H groups in total. The number of hydrogen-bond acceptors (Lipinski definition) is 15. The minimum absolute atomic E-state index is 0.0345. The highest BCUT2D eigenvalue weighted by molar-refractivity contribution is 6.39. The topological polar surface area (TPSA) is 208 Å². The van der Waals surface area contributed by atoms with Gasteiger partial charge in [-0.05, 0) is 137 Å². The second-order valence-electron chi connectivity index (χ2n) is 22.5. The molecule has 1 saturated carbocycles. The summed E-state index contributed by atoms with van der Waals surface area (Å²) in [6.45, 7) is 12.8. The van der Waals surface area contributed by atoms with Crippen LogP contribution in [0.1, 0.15) is 118 Å². The number of ether oxygens (including phenoxy) is 5. The molecule has 74 heavy (non-hydrogen) atoms. The minimum Gasteiger partial charge on any atom is -0.460 e. The van der Waals surface area contributed by atoms with Gasteiger partial charge in [0.15, 0.2) is 5.78 Å². The number of aliphatic hydroxyl groups excluding tert-OH is 2. The van der Waals surface area contributed by atoms with Crippen molar-refractivity contribution in [1.29, 1.82) is 0 Å². The Morgan fingerprint density at radius 2 is 1.59 bits per heavy atom. The summed E-state index contributed by atoms with van der Waals surface area (Å²) in [4.78, 5) is 80.2. The molecule has 9 aliphatic rings. The molecular weight excluding hydrogens is 972 g/mol. The molecule has 18 atom stereocenters. The summed E-state index contributed by atoms with van der Waals surface area (Å²) in [5.41, 5.74) is 2.77. The Kier molecular flexibility index (Phi) is 19.3. The third-order valence-electron chi connectivity index (χ3n) is 17.3. The normalized spacial score (nSPS) is 40.9. The largest absolute Gasteiger partial charge is 0.460 e. The molecule has 9 unspecified atom stereocenters. The molecular formula is C57H81ClN2O14. The van der Waals surface area contributed by atoms with Crippen molar-refractivity contribution >= 4 is 46.5 Å². The van der Waals surface area contributed by atoms with Gasteiger partial charge in [-0.1, -0.05) is 57.5 Å². The summed E-state index contributed by atoms with van der Waals surface area (Å²) in [6, 6.07) is 4.15. The predicted octanol–water partition coefficient (Wildman–Crippen LogP) is 7.00. The summed E-state index contributed by atoms with van der Waals surface area (Å²) in [5, 5.41) is 37.1. The Hall–Kier alpha value is -3.84. The van der Waals surface area contributed by atoms with Crippen molar-refractivity contribution in [2.45, 2.75) is 186 Å². The van der Waals surface area contributed by atoms with Crippen LogP contribution in [0.2, 0.25) is 5.02 Å². The number of anilines is 1. The summed E-state index contributed by atoms with van der Waals surface area (Å²) < 4.78 is 29.9. The Bertz CT molecular complexity index is 2300. The molecule has 1 aromatic rings. The Labute approximate surface area is 442 Å². The van der Waals surface area contributed by atoms with Crippen LogP contribution in [0.15, 0.2) is 53.6 Å². The number of nitrogens with zero attached hydrogens (tertiary/aromatic N) is 2. The van der Waals surface area contributed by atoms with Crippen LogP contribution in [-0.4, -0.2) is 144 Å². The van der Waals surface area contributed by atoms with Gasteiger partial charge in [-0.2, -0.15) is 0 Å². The molecule has 17 heteroatoms. The lowest BCUT2D eigenvalue weighted by atomic mass is 9.68. The van der Waals surface area contributed by atoms with Crippen molar-refractivity contribution < 1.29 is 67.8 Å². The lowest BCUT2D eigenvalue weighted by molar-refractivity contribution is -0.266. The van der Waals surface area contributed by atoms with Crippen LogP contribution in [0.3, 0.4) is 0 Å². The van der Waals surface area contributed by atoms with E-state index in [4.69, 9.17) is 40.1 Å². The molecule has 0 radical (unpaired) electrons. The second kappa shape index (κ2) is 24.7. The van der Waals surface area contributed by atoms with Crippen LogP contribution in [0.4, 0.5) is 5.69 Å². The average Bonchev–Trinajstić information content (AvgIpc) is 3.37. The van der Waals surface area contributed by atoms with Crippen molar-refractivity contribution in [2.24, 2.45) is 41.4 Å². The van der Waals surface area contributed by atoms with E-state index in [0.29, 0.717) is 68.4 Å². The maximum absolute atomic E-state index is 14.7. The zero-order valence-electron chi connectivity index (χ0n) is 44.9. The molecule has 8 aliphatic heterocycles. The molecule has 8 heterocycles. The van der Waals surface area contributed by atoms with E-state index in [0.717, 1.165) is 16.8 Å². The first kappa shape index (κ1) is 57.9. The van der Waals surface area contributed by atoms with Crippen LogP contribution in [-0.2, 0) is 52.5 Å². The molecule has 410 valence electrons. The number of methoxy groups -OCH3 is 3. The number of hydroxylamine groups is 1. The van der Waals surface area contributed by atoms with E-state index in [-0.39, 0.29) is 48.8 Å². The lowest BCUT2D eigenvalue weighted by Crippen LogP contribution is -2.65. The van der Waals surface area contributed by atoms with Gasteiger partial charge in [0.05, 0.1) is 36.1 Å². The first-order valence-corrected chi connectivity index (χ1v) is 27.2. The van der Waals surface area contributed by atoms with E-state index in [9.17, 15) is 39.3 Å². The smallest absolute Gasteiger partial charge is 0.329 e. The van der Waals surface area contributed by atoms with Gasteiger partial charge in [-0.3, -0.25) is 24.0 Å². The maximum atomic E-state index is 14.7. The summed E-state index contributed by atoms with van der Waals surface area (Å²) in [7, 11) is 4.51. The van der Waals surface area contributed by atoms with Crippen molar-refractivity contribution in [2.75, 3.05) is 32.9 Å². The maximum Gasteiger partial charge on any atom is 0.329 e. The van der Waals surface area contributed by atoms with Crippen molar-refractivity contribution in [3.63, 3.8) is 0 Å². The van der Waals surface area contributed by atoms with Crippen molar-refractivity contribution in [1.82, 2.24) is 4.90 Å². The van der Waals surface area contributed by atoms with Gasteiger partial charge in [0.2, 0.25) is 5.79 Å². The van der Waals surface area contributed by atoms with E-state index < -0.39 is 108 Å². The number of carbonyl (C=O) groups excluding carboxylic acids is 5. The van der Waals surface area contributed by atoms with Gasteiger partial charge < -0.3 is 43.9 Å². The monoisotopic (exact) mass is 1050 g/mol. The zero-order valence-corrected chi connectivity index (χ0v) is 45.7. The van der Waals surface area contributed by atoms with E-state index in [1.165, 1.54) is 12.0 Å². The summed E-state index contributed by atoms with van der Waals surface area (Å²) >= 11 is 6.48. The first-order valence-electron chi connectivity index (χ1n) is 26.8. The Balaban J connectivity index is 1.24. The van der Waals surface area contributed by atoms with Crippen LogP contribution < -0.4 is 5.06 Å². The van der Waals surface area contributed by atoms with Gasteiger partial charge in [-0.25, -0.2) is 9.86 Å². The average molecular weight is 1050 g/mol. The minimum atomic E-state index is -2.49. The van der Waals surface area contributed by atoms with E-state index >= 15 is 0 Å². The van der Waals surface area contributed by atoms with Gasteiger partial charge in [0.25, 0.3) is 11.7 Å². The van der Waals surface area contributed by atoms with E-state index in [1.54, 1.807) is 41.1 Å². The first-order chi connectivity index (χ1) is 35.1. The van der Waals surface area contributed by atoms with Gasteiger partial charge in [-0.15, -0.1) is 0 Å². The molecule has 1 aromatic carbocycles. The SMILES string of the molecule is CO[C@H]1C[C@@H]2CCC(C)C(O)(O2)C(=O)C(=O)N2CCCC3C2C(=O)O[C@@H](CC(=O)[C@H](C)/C=C(\C)C(O)[C@@H](OC)C(=O)C(C)C[C@H](C)C2C=CC(/C=C/1C)ON2c1ccc(Cl)c(C)c1)[C@H]3C[C@@H]1CCC(O)[C@H](OC)C1. The molecule has 1 aliphatic carbocycles. The highest BCUT2D eigenvalue weighted by Crippen LogP contribution is 2.46. The number of piperidine rings is 1. The number of allylic oxidation sites excluding steroid dienone is 1. The number of aliphatic hydroxyl groups is 3. The van der Waals surface area contributed by atoms with Gasteiger partial charge in [0.1, 0.15) is 36.2 Å². The van der Waals surface area contributed by atoms with Gasteiger partial charge >= 0.3 is 5.97 Å². The van der Waals surface area contributed by atoms with Crippen molar-refractivity contribution in [3.8, 4) is 0 Å². The van der Waals surface area contributed by atoms with Crippen molar-refractivity contribution in [3.05, 3.63) is 64.2 Å². The van der Waals surface area contributed by atoms with Gasteiger partial charge in [0, 0.05) is 69.4 Å². The van der Waals surface area contributed by atoms with E-state index in [2.05, 4.69) is 6.08 Å². The standard InChI is InChI=1S/C57H81ClN2O14/c1-30-24-38(15-18-43(30)58)60-44-19-17-40(74-60)25-33(4)47(69-8)28-39-16-13-36(7)57(68,73-39)54(65)55(66)59-21-11-12-41-42(26-37-14-20-45(61)49(27-37)70-9)48(72-56(67)50(41)59)29-46(62)32(3)23-35(6)52(64)53(71-10)51(63)34(5)22-31(44)2/h15,17-19,23-25,31-32,34,36-37,39-42,44-45,47-50,52-53,61,64,68H,11-14,16,20-22,26-29H2,1-10H3/b33-25+,35-23+/t31-,32+,34?,36?,37-,39-,40?,41?,42-,44?,45?,47-,48-,49+,50?,52?,53-,57?/m0/s1. The van der Waals surface area contributed by atoms with Crippen LogP contribution in [0, 0.1) is 48.3 Å². The molecule has 0 aromatic heterocycles. The number of aryl methyl sites for hydroxylation is 1. The third-order valence-corrected chi connectivity index (χ3v) is 17.7. The number of Topliss-reactive ketones (excluding diaryl/α,β-unsaturated/α-hetero) is 3. The van der Waals surface area contributed by atoms with Crippen LogP contribution >= 0.6 is 11.6 Å². The lowest BCUT2D eigenvalue weighted by Gasteiger charge is -2.50. The molecule has 1 amide bonds. The number of ketones is 3. The third kappa shape index (κ3) is 12.4. The number of esters is 1. The Morgan fingerprint density at radius 1 is 0.851 bits per heavy atom. The number of amides is 1. The summed E-state index contributed by atoms with van der Waals surface area (Å²) in [6.07, 6.45) is 5.83. The molecule has 16 nitrogen and oxygen atoms in total. The highest BCUT2D eigenvalue weighted by Gasteiger charge is 2.57. The number of benzene rings is 1. The molecule has 3 saturated heterocycles. The highest BCUT2D eigenvalue weighted by atomic mass is 35.5. The fourth-order valence-corrected chi connectivity index (χ4v) is 12.9. The van der Waals surface area contributed by atoms with E-state index in [1.807, 2.05) is 63.1 Å². The quantitative estimate of drug-likeness (QED) is 0.149. The second-order valence-corrected chi connectivity index (χ2v) is 22.9. The number of carbonyl (C=O) groups is 5. The zero-order chi connectivity index (χ0) is 53.9. The number of halogens is 1.